The maximum absolute atomic E-state index is 6.20. The average Bonchev–Trinajstić information content (AvgIpc) is 3.07. The quantitative estimate of drug-likeness (QED) is 0.572. The van der Waals surface area contributed by atoms with Crippen molar-refractivity contribution in [2.75, 3.05) is 0 Å². The Kier molecular flexibility index (Phi) is 3.67. The minimum absolute atomic E-state index is 0.0517. The van der Waals surface area contributed by atoms with Gasteiger partial charge >= 0.3 is 0 Å². The van der Waals surface area contributed by atoms with Gasteiger partial charge in [-0.1, -0.05) is 42.5 Å². The van der Waals surface area contributed by atoms with Crippen molar-refractivity contribution in [1.29, 1.82) is 0 Å². The first-order chi connectivity index (χ1) is 11.8. The third kappa shape index (κ3) is 2.72. The molecule has 0 radical (unpaired) electrons. The smallest absolute Gasteiger partial charge is 0.254 e. The van der Waals surface area contributed by atoms with Crippen LogP contribution in [0.4, 0.5) is 0 Å². The molecule has 4 aromatic rings. The Labute approximate surface area is 139 Å². The van der Waals surface area contributed by atoms with Gasteiger partial charge in [0.15, 0.2) is 0 Å². The van der Waals surface area contributed by atoms with Crippen molar-refractivity contribution < 1.29 is 4.74 Å². The van der Waals surface area contributed by atoms with E-state index in [0.29, 0.717) is 5.78 Å². The molecule has 4 rings (SSSR count). The van der Waals surface area contributed by atoms with Crippen LogP contribution >= 0.6 is 0 Å². The highest BCUT2D eigenvalue weighted by molar-refractivity contribution is 5.68. The summed E-state index contributed by atoms with van der Waals surface area (Å²) in [6.07, 6.45) is 5.34. The Bertz CT molecular complexity index is 932. The van der Waals surface area contributed by atoms with E-state index in [0.717, 1.165) is 22.6 Å². The third-order valence-corrected chi connectivity index (χ3v) is 3.89. The highest BCUT2D eigenvalue weighted by Gasteiger charge is 2.14. The van der Waals surface area contributed by atoms with Gasteiger partial charge in [-0.05, 0) is 24.6 Å². The molecule has 5 heteroatoms. The van der Waals surface area contributed by atoms with E-state index in [9.17, 15) is 0 Å². The lowest BCUT2D eigenvalue weighted by atomic mass is 10.1. The summed E-state index contributed by atoms with van der Waals surface area (Å²) >= 11 is 0. The third-order valence-electron chi connectivity index (χ3n) is 3.89. The molecule has 0 fully saturated rings. The molecule has 0 saturated carbocycles. The molecule has 1 unspecified atom stereocenters. The Balaban J connectivity index is 1.70. The summed E-state index contributed by atoms with van der Waals surface area (Å²) in [6.45, 7) is 2.04. The number of fused-ring (bicyclic) bond motifs is 1. The molecule has 0 amide bonds. The summed E-state index contributed by atoms with van der Waals surface area (Å²) in [5.41, 5.74) is 2.88. The Morgan fingerprint density at radius 1 is 1.00 bits per heavy atom. The molecule has 0 aliphatic rings. The predicted molar refractivity (Wildman–Crippen MR) is 91.7 cm³/mol. The van der Waals surface area contributed by atoms with Gasteiger partial charge < -0.3 is 4.74 Å². The van der Waals surface area contributed by atoms with E-state index < -0.39 is 0 Å². The summed E-state index contributed by atoms with van der Waals surface area (Å²) in [4.78, 5) is 4.53. The molecule has 2 aromatic carbocycles. The Morgan fingerprint density at radius 3 is 2.62 bits per heavy atom. The van der Waals surface area contributed by atoms with Gasteiger partial charge in [0, 0.05) is 18.0 Å². The molecular weight excluding hydrogens is 300 g/mol. The first-order valence-electron chi connectivity index (χ1n) is 7.78. The van der Waals surface area contributed by atoms with Crippen LogP contribution in [0, 0.1) is 0 Å². The van der Waals surface area contributed by atoms with Crippen LogP contribution in [0.5, 0.6) is 5.75 Å². The number of para-hydroxylation sites is 1. The average molecular weight is 316 g/mol. The molecule has 2 aromatic heterocycles. The number of benzene rings is 2. The SMILES string of the molecule is CC(Oc1ccccc1-c1cn2ccnnc2n1)c1ccccc1. The topological polar surface area (TPSA) is 52.3 Å². The zero-order chi connectivity index (χ0) is 16.4. The van der Waals surface area contributed by atoms with Crippen LogP contribution < -0.4 is 4.74 Å². The van der Waals surface area contributed by atoms with E-state index in [4.69, 9.17) is 4.74 Å². The molecule has 1 atom stereocenters. The van der Waals surface area contributed by atoms with Crippen LogP contribution in [0.25, 0.3) is 17.0 Å². The summed E-state index contributed by atoms with van der Waals surface area (Å²) in [5, 5.41) is 7.89. The molecule has 0 aliphatic heterocycles. The number of aromatic nitrogens is 4. The molecule has 2 heterocycles. The standard InChI is InChI=1S/C19H16N4O/c1-14(15-7-3-2-4-8-15)24-18-10-6-5-9-16(18)17-13-23-12-11-20-22-19(23)21-17/h2-14H,1H3. The van der Waals surface area contributed by atoms with Crippen molar-refractivity contribution in [1.82, 2.24) is 19.6 Å². The number of imidazole rings is 1. The second-order valence-corrected chi connectivity index (χ2v) is 5.51. The van der Waals surface area contributed by atoms with Crippen LogP contribution in [0.3, 0.4) is 0 Å². The lowest BCUT2D eigenvalue weighted by Gasteiger charge is -2.17. The summed E-state index contributed by atoms with van der Waals surface area (Å²) in [7, 11) is 0. The van der Waals surface area contributed by atoms with Crippen molar-refractivity contribution in [3.8, 4) is 17.0 Å². The van der Waals surface area contributed by atoms with Gasteiger partial charge in [-0.3, -0.25) is 4.40 Å². The highest BCUT2D eigenvalue weighted by atomic mass is 16.5. The second-order valence-electron chi connectivity index (χ2n) is 5.51. The summed E-state index contributed by atoms with van der Waals surface area (Å²) in [6, 6.07) is 18.1. The molecule has 0 spiro atoms. The van der Waals surface area contributed by atoms with Gasteiger partial charge in [0.2, 0.25) is 0 Å². The minimum atomic E-state index is -0.0517. The van der Waals surface area contributed by atoms with Crippen LogP contribution in [-0.2, 0) is 0 Å². The number of rotatable bonds is 4. The molecule has 24 heavy (non-hydrogen) atoms. The van der Waals surface area contributed by atoms with Crippen LogP contribution in [0.15, 0.2) is 73.2 Å². The van der Waals surface area contributed by atoms with Crippen molar-refractivity contribution in [2.24, 2.45) is 0 Å². The second kappa shape index (κ2) is 6.12. The highest BCUT2D eigenvalue weighted by Crippen LogP contribution is 2.32. The lowest BCUT2D eigenvalue weighted by Crippen LogP contribution is -2.03. The number of nitrogens with zero attached hydrogens (tertiary/aromatic N) is 4. The van der Waals surface area contributed by atoms with E-state index in [2.05, 4.69) is 27.3 Å². The predicted octanol–water partition coefficient (Wildman–Crippen LogP) is 3.93. The van der Waals surface area contributed by atoms with Crippen molar-refractivity contribution >= 4 is 5.78 Å². The van der Waals surface area contributed by atoms with Gasteiger partial charge in [-0.15, -0.1) is 5.10 Å². The van der Waals surface area contributed by atoms with Gasteiger partial charge in [-0.2, -0.15) is 5.10 Å². The molecule has 5 nitrogen and oxygen atoms in total. The maximum Gasteiger partial charge on any atom is 0.254 e. The molecular formula is C19H16N4O. The maximum atomic E-state index is 6.20. The van der Waals surface area contributed by atoms with Gasteiger partial charge in [0.05, 0.1) is 11.9 Å². The number of ether oxygens (including phenoxy) is 1. The molecule has 118 valence electrons. The van der Waals surface area contributed by atoms with E-state index >= 15 is 0 Å². The Morgan fingerprint density at radius 2 is 1.79 bits per heavy atom. The van der Waals surface area contributed by atoms with Crippen LogP contribution in [0.2, 0.25) is 0 Å². The molecule has 0 saturated heterocycles. The summed E-state index contributed by atoms with van der Waals surface area (Å²) < 4.78 is 8.04. The first-order valence-corrected chi connectivity index (χ1v) is 7.78. The lowest BCUT2D eigenvalue weighted by molar-refractivity contribution is 0.228. The number of hydrogen-bond donors (Lipinski definition) is 0. The van der Waals surface area contributed by atoms with Gasteiger partial charge in [0.1, 0.15) is 11.9 Å². The van der Waals surface area contributed by atoms with Crippen molar-refractivity contribution in [2.45, 2.75) is 13.0 Å². The molecule has 0 N–H and O–H groups in total. The number of hydrogen-bond acceptors (Lipinski definition) is 4. The monoisotopic (exact) mass is 316 g/mol. The fraction of sp³-hybridized carbons (Fsp3) is 0.105. The zero-order valence-corrected chi connectivity index (χ0v) is 13.2. The van der Waals surface area contributed by atoms with E-state index in [1.54, 1.807) is 6.20 Å². The largest absolute Gasteiger partial charge is 0.485 e. The van der Waals surface area contributed by atoms with E-state index in [1.165, 1.54) is 0 Å². The molecule has 0 aliphatic carbocycles. The first kappa shape index (κ1) is 14.4. The van der Waals surface area contributed by atoms with E-state index in [-0.39, 0.29) is 6.10 Å². The van der Waals surface area contributed by atoms with Gasteiger partial charge in [0.25, 0.3) is 5.78 Å². The van der Waals surface area contributed by atoms with E-state index in [1.807, 2.05) is 66.2 Å². The fourth-order valence-corrected chi connectivity index (χ4v) is 2.65. The molecule has 0 bridgehead atoms. The zero-order valence-electron chi connectivity index (χ0n) is 13.2. The van der Waals surface area contributed by atoms with Crippen molar-refractivity contribution in [3.63, 3.8) is 0 Å². The van der Waals surface area contributed by atoms with Crippen LogP contribution in [-0.4, -0.2) is 19.6 Å². The normalized spacial score (nSPS) is 12.2. The Hall–Kier alpha value is -3.21. The van der Waals surface area contributed by atoms with Crippen molar-refractivity contribution in [3.05, 3.63) is 78.8 Å². The van der Waals surface area contributed by atoms with Crippen LogP contribution in [0.1, 0.15) is 18.6 Å². The fourth-order valence-electron chi connectivity index (χ4n) is 2.65. The minimum Gasteiger partial charge on any atom is -0.485 e. The van der Waals surface area contributed by atoms with Gasteiger partial charge in [-0.25, -0.2) is 4.98 Å². The summed E-state index contributed by atoms with van der Waals surface area (Å²) in [5.74, 6) is 1.36.